The van der Waals surface area contributed by atoms with Gasteiger partial charge in [0.2, 0.25) is 10.0 Å². The first kappa shape index (κ1) is 21.7. The quantitative estimate of drug-likeness (QED) is 0.664. The molecule has 0 heterocycles. The summed E-state index contributed by atoms with van der Waals surface area (Å²) in [5.41, 5.74) is 0. The number of ether oxygens (including phenoxy) is 1. The number of nitrogens with one attached hydrogen (secondary N) is 2. The Balaban J connectivity index is 1.82. The van der Waals surface area contributed by atoms with Crippen LogP contribution in [0, 0.1) is 5.92 Å². The van der Waals surface area contributed by atoms with E-state index in [1.807, 2.05) is 0 Å². The molecule has 0 aliphatic heterocycles. The Bertz CT molecular complexity index is 766. The summed E-state index contributed by atoms with van der Waals surface area (Å²) >= 11 is 5.74. The van der Waals surface area contributed by atoms with Crippen LogP contribution in [0.3, 0.4) is 0 Å². The molecular formula is C18H25ClN2O5S. The Hall–Kier alpha value is -1.64. The van der Waals surface area contributed by atoms with Gasteiger partial charge in [-0.25, -0.2) is 8.42 Å². The first-order chi connectivity index (χ1) is 12.7. The molecule has 3 atom stereocenters. The lowest BCUT2D eigenvalue weighted by atomic mass is 9.86. The predicted octanol–water partition coefficient (Wildman–Crippen LogP) is 2.24. The van der Waals surface area contributed by atoms with Crippen LogP contribution in [0.4, 0.5) is 0 Å². The Labute approximate surface area is 164 Å². The van der Waals surface area contributed by atoms with Gasteiger partial charge in [-0.1, -0.05) is 31.4 Å². The molecule has 9 heteroatoms. The van der Waals surface area contributed by atoms with Gasteiger partial charge in [0.15, 0.2) is 6.61 Å². The van der Waals surface area contributed by atoms with Gasteiger partial charge < -0.3 is 10.1 Å². The molecule has 0 saturated heterocycles. The highest BCUT2D eigenvalue weighted by molar-refractivity contribution is 7.89. The number of halogens is 1. The maximum atomic E-state index is 12.3. The molecule has 1 amide bonds. The number of carbonyl (C=O) groups excluding carboxylic acids is 2. The molecule has 27 heavy (non-hydrogen) atoms. The molecule has 2 N–H and O–H groups in total. The molecule has 7 nitrogen and oxygen atoms in total. The van der Waals surface area contributed by atoms with Crippen LogP contribution < -0.4 is 10.0 Å². The van der Waals surface area contributed by atoms with Crippen LogP contribution in [0.25, 0.3) is 0 Å². The largest absolute Gasteiger partial charge is 0.454 e. The zero-order valence-electron chi connectivity index (χ0n) is 15.4. The molecule has 1 aromatic carbocycles. The number of hydrogen-bond donors (Lipinski definition) is 2. The third kappa shape index (κ3) is 6.48. The van der Waals surface area contributed by atoms with Gasteiger partial charge in [0.25, 0.3) is 5.91 Å². The van der Waals surface area contributed by atoms with Crippen LogP contribution in [0.1, 0.15) is 39.5 Å². The van der Waals surface area contributed by atoms with Gasteiger partial charge in [-0.15, -0.1) is 0 Å². The maximum absolute atomic E-state index is 12.3. The van der Waals surface area contributed by atoms with E-state index in [9.17, 15) is 18.0 Å². The van der Waals surface area contributed by atoms with Crippen molar-refractivity contribution in [3.8, 4) is 0 Å². The number of amides is 1. The minimum absolute atomic E-state index is 0.0180. The van der Waals surface area contributed by atoms with Gasteiger partial charge in [-0.2, -0.15) is 4.72 Å². The molecule has 0 aromatic heterocycles. The monoisotopic (exact) mass is 416 g/mol. The number of benzene rings is 1. The summed E-state index contributed by atoms with van der Waals surface area (Å²) in [6, 6.07) is 4.51. The minimum Gasteiger partial charge on any atom is -0.454 e. The van der Waals surface area contributed by atoms with E-state index < -0.39 is 28.6 Å². The second-order valence-corrected chi connectivity index (χ2v) is 8.99. The van der Waals surface area contributed by atoms with E-state index >= 15 is 0 Å². The third-order valence-electron chi connectivity index (χ3n) is 4.61. The second kappa shape index (κ2) is 9.52. The molecule has 0 bridgehead atoms. The van der Waals surface area contributed by atoms with Gasteiger partial charge in [0.1, 0.15) is 6.04 Å². The lowest BCUT2D eigenvalue weighted by Gasteiger charge is -2.29. The lowest BCUT2D eigenvalue weighted by Crippen LogP contribution is -2.44. The number of hydrogen-bond acceptors (Lipinski definition) is 5. The van der Waals surface area contributed by atoms with Gasteiger partial charge in [0.05, 0.1) is 4.90 Å². The van der Waals surface area contributed by atoms with Crippen molar-refractivity contribution < 1.29 is 22.7 Å². The Morgan fingerprint density at radius 3 is 2.48 bits per heavy atom. The number of carbonyl (C=O) groups is 2. The SMILES string of the molecule is C[C@H](NS(=O)(=O)c1ccc(Cl)cc1)C(=O)OCC(=O)N[C@@H]1CCCC[C@H]1C. The van der Waals surface area contributed by atoms with E-state index in [0.29, 0.717) is 10.9 Å². The summed E-state index contributed by atoms with van der Waals surface area (Å²) in [5.74, 6) is -0.808. The summed E-state index contributed by atoms with van der Waals surface area (Å²) in [5, 5.41) is 3.28. The van der Waals surface area contributed by atoms with Crippen molar-refractivity contribution in [2.24, 2.45) is 5.92 Å². The first-order valence-electron chi connectivity index (χ1n) is 8.93. The first-order valence-corrected chi connectivity index (χ1v) is 10.8. The van der Waals surface area contributed by atoms with E-state index in [1.165, 1.54) is 31.2 Å². The van der Waals surface area contributed by atoms with E-state index in [1.54, 1.807) is 0 Å². The lowest BCUT2D eigenvalue weighted by molar-refractivity contribution is -0.150. The minimum atomic E-state index is -3.90. The van der Waals surface area contributed by atoms with Crippen LogP contribution in [-0.2, 0) is 24.3 Å². The summed E-state index contributed by atoms with van der Waals surface area (Å²) in [7, 11) is -3.90. The summed E-state index contributed by atoms with van der Waals surface area (Å²) in [4.78, 5) is 24.0. The fourth-order valence-corrected chi connectivity index (χ4v) is 4.32. The van der Waals surface area contributed by atoms with Gasteiger partial charge >= 0.3 is 5.97 Å². The third-order valence-corrected chi connectivity index (χ3v) is 6.42. The zero-order chi connectivity index (χ0) is 20.0. The van der Waals surface area contributed by atoms with Crippen molar-refractivity contribution in [1.29, 1.82) is 0 Å². The van der Waals surface area contributed by atoms with E-state index in [2.05, 4.69) is 17.0 Å². The van der Waals surface area contributed by atoms with Crippen molar-refractivity contribution in [2.75, 3.05) is 6.61 Å². The molecule has 0 unspecified atom stereocenters. The molecule has 1 aliphatic rings. The van der Waals surface area contributed by atoms with Crippen LogP contribution in [0.15, 0.2) is 29.2 Å². The summed E-state index contributed by atoms with van der Waals surface area (Å²) in [6.45, 7) is 3.01. The highest BCUT2D eigenvalue weighted by atomic mass is 35.5. The van der Waals surface area contributed by atoms with Crippen LogP contribution in [-0.4, -0.2) is 39.0 Å². The molecule has 1 saturated carbocycles. The van der Waals surface area contributed by atoms with Crippen molar-refractivity contribution in [3.63, 3.8) is 0 Å². The van der Waals surface area contributed by atoms with Crippen molar-refractivity contribution in [2.45, 2.75) is 56.5 Å². The number of sulfonamides is 1. The molecule has 0 radical (unpaired) electrons. The standard InChI is InChI=1S/C18H25ClN2O5S/c1-12-5-3-4-6-16(12)20-17(22)11-26-18(23)13(2)21-27(24,25)15-9-7-14(19)8-10-15/h7-10,12-13,16,21H,3-6,11H2,1-2H3,(H,20,22)/t12-,13+,16-/m1/s1. The number of rotatable bonds is 7. The van der Waals surface area contributed by atoms with Gasteiger partial charge in [-0.3, -0.25) is 9.59 Å². The van der Waals surface area contributed by atoms with E-state index in [-0.39, 0.29) is 16.8 Å². The number of esters is 1. The van der Waals surface area contributed by atoms with Crippen molar-refractivity contribution >= 4 is 33.5 Å². The molecule has 1 fully saturated rings. The van der Waals surface area contributed by atoms with E-state index in [0.717, 1.165) is 25.7 Å². The molecule has 150 valence electrons. The molecule has 1 aromatic rings. The Morgan fingerprint density at radius 1 is 1.22 bits per heavy atom. The Kier molecular flexibility index (Phi) is 7.64. The maximum Gasteiger partial charge on any atom is 0.324 e. The molecule has 1 aliphatic carbocycles. The topological polar surface area (TPSA) is 102 Å². The molecule has 2 rings (SSSR count). The normalized spacial score (nSPS) is 21.3. The highest BCUT2D eigenvalue weighted by Crippen LogP contribution is 2.23. The summed E-state index contributed by atoms with van der Waals surface area (Å²) < 4.78 is 31.7. The average Bonchev–Trinajstić information content (AvgIpc) is 2.61. The predicted molar refractivity (Wildman–Crippen MR) is 102 cm³/mol. The Morgan fingerprint density at radius 2 is 1.85 bits per heavy atom. The van der Waals surface area contributed by atoms with Crippen LogP contribution in [0.5, 0.6) is 0 Å². The summed E-state index contributed by atoms with van der Waals surface area (Å²) in [6.07, 6.45) is 4.21. The smallest absolute Gasteiger partial charge is 0.324 e. The van der Waals surface area contributed by atoms with Crippen LogP contribution in [0.2, 0.25) is 5.02 Å². The molecular weight excluding hydrogens is 392 g/mol. The zero-order valence-corrected chi connectivity index (χ0v) is 17.0. The van der Waals surface area contributed by atoms with Crippen molar-refractivity contribution in [3.05, 3.63) is 29.3 Å². The fourth-order valence-electron chi connectivity index (χ4n) is 3.00. The highest BCUT2D eigenvalue weighted by Gasteiger charge is 2.25. The van der Waals surface area contributed by atoms with Crippen LogP contribution >= 0.6 is 11.6 Å². The van der Waals surface area contributed by atoms with Gasteiger partial charge in [-0.05, 0) is 49.9 Å². The molecule has 0 spiro atoms. The van der Waals surface area contributed by atoms with E-state index in [4.69, 9.17) is 16.3 Å². The van der Waals surface area contributed by atoms with Gasteiger partial charge in [0, 0.05) is 11.1 Å². The second-order valence-electron chi connectivity index (χ2n) is 6.84. The fraction of sp³-hybridized carbons (Fsp3) is 0.556. The average molecular weight is 417 g/mol. The van der Waals surface area contributed by atoms with Crippen molar-refractivity contribution in [1.82, 2.24) is 10.0 Å².